The number of hydrogen-bond acceptors (Lipinski definition) is 3. The van der Waals surface area contributed by atoms with Crippen molar-refractivity contribution in [1.82, 2.24) is 14.9 Å². The maximum atomic E-state index is 12.2. The van der Waals surface area contributed by atoms with Crippen molar-refractivity contribution >= 4 is 0 Å². The summed E-state index contributed by atoms with van der Waals surface area (Å²) in [5.74, 6) is 0.616. The number of aromatic amines is 1. The largest absolute Gasteiger partial charge is 0.306 e. The lowest BCUT2D eigenvalue weighted by Gasteiger charge is -2.19. The van der Waals surface area contributed by atoms with Crippen LogP contribution in [0.3, 0.4) is 0 Å². The number of rotatable bonds is 4. The van der Waals surface area contributed by atoms with Gasteiger partial charge in [0, 0.05) is 30.3 Å². The van der Waals surface area contributed by atoms with Gasteiger partial charge in [0.25, 0.3) is 5.56 Å². The molecule has 27 heavy (non-hydrogen) atoms. The molecule has 138 valence electrons. The lowest BCUT2D eigenvalue weighted by molar-refractivity contribution is 0.284. The third kappa shape index (κ3) is 4.17. The number of nitrogens with zero attached hydrogens (tertiary/aromatic N) is 2. The molecule has 4 rings (SSSR count). The van der Waals surface area contributed by atoms with Crippen LogP contribution in [0.4, 0.5) is 0 Å². The van der Waals surface area contributed by atoms with E-state index in [1.165, 1.54) is 12.0 Å². The van der Waals surface area contributed by atoms with Crippen molar-refractivity contribution in [1.29, 1.82) is 0 Å². The summed E-state index contributed by atoms with van der Waals surface area (Å²) in [6, 6.07) is 19.7. The van der Waals surface area contributed by atoms with Crippen LogP contribution >= 0.6 is 0 Å². The first-order valence-corrected chi connectivity index (χ1v) is 9.47. The maximum absolute atomic E-state index is 12.2. The minimum Gasteiger partial charge on any atom is -0.306 e. The molecule has 3 aromatic rings. The number of likely N-dealkylation sites (tertiary alicyclic amines) is 1. The fourth-order valence-corrected chi connectivity index (χ4v) is 3.79. The van der Waals surface area contributed by atoms with E-state index in [-0.39, 0.29) is 5.56 Å². The summed E-state index contributed by atoms with van der Waals surface area (Å²) in [5.41, 5.74) is 4.10. The lowest BCUT2D eigenvalue weighted by atomic mass is 9.93. The minimum absolute atomic E-state index is 0.134. The van der Waals surface area contributed by atoms with Crippen molar-refractivity contribution in [2.45, 2.75) is 26.8 Å². The van der Waals surface area contributed by atoms with E-state index < -0.39 is 0 Å². The third-order valence-corrected chi connectivity index (χ3v) is 5.17. The number of H-pyrrole nitrogens is 1. The Labute approximate surface area is 159 Å². The van der Waals surface area contributed by atoms with E-state index in [2.05, 4.69) is 35.9 Å². The average molecular weight is 359 g/mol. The number of benzene rings is 2. The highest BCUT2D eigenvalue weighted by Crippen LogP contribution is 2.30. The van der Waals surface area contributed by atoms with Crippen LogP contribution in [-0.4, -0.2) is 28.0 Å². The van der Waals surface area contributed by atoms with E-state index in [9.17, 15) is 4.79 Å². The molecule has 0 unspecified atom stereocenters. The van der Waals surface area contributed by atoms with Crippen LogP contribution in [0.25, 0.3) is 22.6 Å². The highest BCUT2D eigenvalue weighted by atomic mass is 16.1. The smallest absolute Gasteiger partial charge is 0.251 e. The van der Waals surface area contributed by atoms with Gasteiger partial charge in [-0.1, -0.05) is 62.4 Å². The summed E-state index contributed by atoms with van der Waals surface area (Å²) in [5, 5.41) is 0. The second kappa shape index (κ2) is 7.12. The summed E-state index contributed by atoms with van der Waals surface area (Å²) in [6.45, 7) is 7.84. The monoisotopic (exact) mass is 359 g/mol. The Morgan fingerprint density at radius 2 is 1.81 bits per heavy atom. The van der Waals surface area contributed by atoms with E-state index in [0.29, 0.717) is 16.9 Å². The van der Waals surface area contributed by atoms with Gasteiger partial charge in [-0.15, -0.1) is 0 Å². The van der Waals surface area contributed by atoms with E-state index in [1.807, 2.05) is 42.5 Å². The summed E-state index contributed by atoms with van der Waals surface area (Å²) in [7, 11) is 0. The van der Waals surface area contributed by atoms with Crippen molar-refractivity contribution in [3.63, 3.8) is 0 Å². The minimum atomic E-state index is -0.134. The first-order chi connectivity index (χ1) is 13.0. The lowest BCUT2D eigenvalue weighted by Crippen LogP contribution is -2.22. The van der Waals surface area contributed by atoms with Crippen molar-refractivity contribution < 1.29 is 0 Å². The number of aromatic nitrogens is 2. The third-order valence-electron chi connectivity index (χ3n) is 5.17. The first-order valence-electron chi connectivity index (χ1n) is 9.47. The molecule has 0 spiro atoms. The zero-order chi connectivity index (χ0) is 18.9. The van der Waals surface area contributed by atoms with Gasteiger partial charge in [-0.05, 0) is 30.0 Å². The fraction of sp³-hybridized carbons (Fsp3) is 0.304. The highest BCUT2D eigenvalue weighted by molar-refractivity contribution is 5.63. The van der Waals surface area contributed by atoms with E-state index in [4.69, 9.17) is 4.98 Å². The second-order valence-corrected chi connectivity index (χ2v) is 8.17. The van der Waals surface area contributed by atoms with Crippen LogP contribution < -0.4 is 5.56 Å². The fourth-order valence-electron chi connectivity index (χ4n) is 3.79. The van der Waals surface area contributed by atoms with Gasteiger partial charge < -0.3 is 4.98 Å². The molecule has 0 amide bonds. The first kappa shape index (κ1) is 17.7. The molecular weight excluding hydrogens is 334 g/mol. The summed E-state index contributed by atoms with van der Waals surface area (Å²) in [6.07, 6.45) is 1.24. The molecular formula is C23H25N3O. The quantitative estimate of drug-likeness (QED) is 0.754. The van der Waals surface area contributed by atoms with Crippen LogP contribution in [0.1, 0.15) is 25.8 Å². The Bertz CT molecular complexity index is 992. The van der Waals surface area contributed by atoms with Gasteiger partial charge in [-0.2, -0.15) is 0 Å². The molecule has 1 aromatic heterocycles. The van der Waals surface area contributed by atoms with Crippen LogP contribution in [-0.2, 0) is 6.54 Å². The molecule has 4 heteroatoms. The van der Waals surface area contributed by atoms with Gasteiger partial charge in [0.2, 0.25) is 0 Å². The average Bonchev–Trinajstić information content (AvgIpc) is 3.00. The van der Waals surface area contributed by atoms with Crippen molar-refractivity contribution in [2.24, 2.45) is 5.41 Å². The molecule has 2 aromatic carbocycles. The number of nitrogens with one attached hydrogen (secondary N) is 1. The molecule has 0 aliphatic carbocycles. The van der Waals surface area contributed by atoms with Crippen LogP contribution in [0.5, 0.6) is 0 Å². The molecule has 4 nitrogen and oxygen atoms in total. The molecule has 2 heterocycles. The Morgan fingerprint density at radius 3 is 2.56 bits per heavy atom. The maximum Gasteiger partial charge on any atom is 0.251 e. The molecule has 0 bridgehead atoms. The predicted octanol–water partition coefficient (Wildman–Crippen LogP) is 4.34. The van der Waals surface area contributed by atoms with E-state index >= 15 is 0 Å². The van der Waals surface area contributed by atoms with Crippen LogP contribution in [0.2, 0.25) is 0 Å². The summed E-state index contributed by atoms with van der Waals surface area (Å²) >= 11 is 0. The molecule has 0 radical (unpaired) electrons. The molecule has 1 saturated heterocycles. The van der Waals surface area contributed by atoms with Gasteiger partial charge in [0.05, 0.1) is 5.69 Å². The number of hydrogen-bond donors (Lipinski definition) is 1. The highest BCUT2D eigenvalue weighted by Gasteiger charge is 2.28. The second-order valence-electron chi connectivity index (χ2n) is 8.17. The van der Waals surface area contributed by atoms with Crippen LogP contribution in [0, 0.1) is 5.41 Å². The Kier molecular flexibility index (Phi) is 4.66. The molecule has 1 aliphatic heterocycles. The molecule has 0 saturated carbocycles. The van der Waals surface area contributed by atoms with Crippen molar-refractivity contribution in [2.75, 3.05) is 13.1 Å². The van der Waals surface area contributed by atoms with Gasteiger partial charge in [-0.3, -0.25) is 9.69 Å². The normalized spacial score (nSPS) is 16.5. The molecule has 1 aliphatic rings. The van der Waals surface area contributed by atoms with E-state index in [1.54, 1.807) is 6.07 Å². The van der Waals surface area contributed by atoms with Crippen LogP contribution in [0.15, 0.2) is 65.5 Å². The predicted molar refractivity (Wildman–Crippen MR) is 109 cm³/mol. The molecule has 0 atom stereocenters. The van der Waals surface area contributed by atoms with Gasteiger partial charge in [0.1, 0.15) is 5.82 Å². The van der Waals surface area contributed by atoms with Gasteiger partial charge in [-0.25, -0.2) is 4.98 Å². The van der Waals surface area contributed by atoms with E-state index in [0.717, 1.165) is 30.8 Å². The Hall–Kier alpha value is -2.72. The van der Waals surface area contributed by atoms with Crippen molar-refractivity contribution in [3.8, 4) is 22.6 Å². The Balaban J connectivity index is 1.62. The summed E-state index contributed by atoms with van der Waals surface area (Å²) in [4.78, 5) is 22.3. The molecule has 1 N–H and O–H groups in total. The Morgan fingerprint density at radius 1 is 1.04 bits per heavy atom. The zero-order valence-corrected chi connectivity index (χ0v) is 15.9. The zero-order valence-electron chi connectivity index (χ0n) is 15.9. The molecule has 1 fully saturated rings. The standard InChI is InChI=1S/C23H25N3O/c1-23(2)11-12-26(16-23)15-17-7-6-10-19(13-17)22-24-20(14-21(27)25-22)18-8-4-3-5-9-18/h3-10,13-14H,11-12,15-16H2,1-2H3,(H,24,25,27). The summed E-state index contributed by atoms with van der Waals surface area (Å²) < 4.78 is 0. The van der Waals surface area contributed by atoms with Crippen molar-refractivity contribution in [3.05, 3.63) is 76.6 Å². The van der Waals surface area contributed by atoms with Gasteiger partial charge >= 0.3 is 0 Å². The SMILES string of the molecule is CC1(C)CCN(Cc2cccc(-c3nc(-c4ccccc4)cc(=O)[nH]3)c2)C1. The van der Waals surface area contributed by atoms with Gasteiger partial charge in [0.15, 0.2) is 0 Å². The topological polar surface area (TPSA) is 49.0 Å².